The largest absolute Gasteiger partial charge is 0.492 e. The van der Waals surface area contributed by atoms with E-state index in [0.717, 1.165) is 23.6 Å². The first-order chi connectivity index (χ1) is 8.11. The summed E-state index contributed by atoms with van der Waals surface area (Å²) in [5, 5.41) is 3.97. The number of benzene rings is 1. The number of nitrogens with one attached hydrogen (secondary N) is 1. The van der Waals surface area contributed by atoms with Crippen LogP contribution in [0.1, 0.15) is 19.8 Å². The van der Waals surface area contributed by atoms with Gasteiger partial charge in [0.1, 0.15) is 12.4 Å². The molecule has 17 heavy (non-hydrogen) atoms. The summed E-state index contributed by atoms with van der Waals surface area (Å²) in [5.41, 5.74) is 1.21. The molecule has 1 atom stereocenters. The maximum atomic E-state index is 5.81. The monoisotopic (exact) mass is 253 g/mol. The Morgan fingerprint density at radius 3 is 2.59 bits per heavy atom. The molecule has 0 saturated heterocycles. The quantitative estimate of drug-likeness (QED) is 0.749. The average molecular weight is 254 g/mol. The number of rotatable bonds is 7. The molecule has 0 fully saturated rings. The van der Waals surface area contributed by atoms with Crippen molar-refractivity contribution in [2.75, 3.05) is 13.7 Å². The zero-order valence-corrected chi connectivity index (χ0v) is 11.3. The summed E-state index contributed by atoms with van der Waals surface area (Å²) in [7, 11) is 1.95. The lowest BCUT2D eigenvalue weighted by atomic mass is 10.1. The summed E-state index contributed by atoms with van der Waals surface area (Å²) in [6, 6.07) is 7.78. The van der Waals surface area contributed by atoms with Crippen molar-refractivity contribution in [1.29, 1.82) is 0 Å². The molecule has 0 aliphatic carbocycles. The molecule has 0 bridgehead atoms. The maximum Gasteiger partial charge on any atom is 0.119 e. The van der Waals surface area contributed by atoms with E-state index in [0.29, 0.717) is 12.6 Å². The Labute approximate surface area is 109 Å². The van der Waals surface area contributed by atoms with E-state index in [1.54, 1.807) is 0 Å². The number of allylic oxidation sites excluding steroid dienone is 1. The molecule has 0 amide bonds. The normalized spacial score (nSPS) is 12.2. The van der Waals surface area contributed by atoms with Crippen LogP contribution in [0.25, 0.3) is 0 Å². The van der Waals surface area contributed by atoms with E-state index >= 15 is 0 Å². The molecule has 2 nitrogen and oxygen atoms in total. The predicted octanol–water partition coefficient (Wildman–Crippen LogP) is 3.66. The summed E-state index contributed by atoms with van der Waals surface area (Å²) in [6.07, 6.45) is 2.06. The van der Waals surface area contributed by atoms with Gasteiger partial charge >= 0.3 is 0 Å². The fourth-order valence-corrected chi connectivity index (χ4v) is 1.59. The number of likely N-dealkylation sites (N-methyl/N-ethyl adjacent to an activating group) is 1. The van der Waals surface area contributed by atoms with Crippen molar-refractivity contribution >= 4 is 11.6 Å². The van der Waals surface area contributed by atoms with Crippen LogP contribution in [0.4, 0.5) is 0 Å². The Kier molecular flexibility index (Phi) is 6.09. The summed E-state index contributed by atoms with van der Waals surface area (Å²) < 4.78 is 5.70. The highest BCUT2D eigenvalue weighted by Gasteiger charge is 2.06. The molecule has 1 aromatic rings. The van der Waals surface area contributed by atoms with Crippen molar-refractivity contribution in [2.45, 2.75) is 25.8 Å². The zero-order chi connectivity index (χ0) is 12.7. The van der Waals surface area contributed by atoms with Crippen LogP contribution in [0, 0.1) is 0 Å². The molecule has 1 N–H and O–H groups in total. The van der Waals surface area contributed by atoms with E-state index in [1.807, 2.05) is 38.2 Å². The Hall–Kier alpha value is -0.990. The van der Waals surface area contributed by atoms with Crippen LogP contribution in [-0.2, 0) is 0 Å². The molecule has 0 aromatic heterocycles. The van der Waals surface area contributed by atoms with Crippen molar-refractivity contribution in [3.05, 3.63) is 41.4 Å². The molecule has 94 valence electrons. The van der Waals surface area contributed by atoms with Crippen LogP contribution in [0.2, 0.25) is 5.02 Å². The van der Waals surface area contributed by atoms with Gasteiger partial charge < -0.3 is 10.1 Å². The second-order valence-electron chi connectivity index (χ2n) is 4.25. The summed E-state index contributed by atoms with van der Waals surface area (Å²) in [4.78, 5) is 0. The minimum absolute atomic E-state index is 0.349. The smallest absolute Gasteiger partial charge is 0.119 e. The van der Waals surface area contributed by atoms with Gasteiger partial charge in [0.05, 0.1) is 0 Å². The highest BCUT2D eigenvalue weighted by molar-refractivity contribution is 6.30. The van der Waals surface area contributed by atoms with Crippen molar-refractivity contribution < 1.29 is 4.74 Å². The SMILES string of the molecule is C=C(C)CCC(COc1ccc(Cl)cc1)NC. The lowest BCUT2D eigenvalue weighted by Crippen LogP contribution is -2.31. The molecule has 0 aliphatic rings. The number of ether oxygens (including phenoxy) is 1. The van der Waals surface area contributed by atoms with Gasteiger partial charge in [0.15, 0.2) is 0 Å². The van der Waals surface area contributed by atoms with Gasteiger partial charge in [-0.3, -0.25) is 0 Å². The molecule has 1 rings (SSSR count). The Balaban J connectivity index is 2.36. The first-order valence-corrected chi connectivity index (χ1v) is 6.19. The molecule has 0 aliphatic heterocycles. The summed E-state index contributed by atoms with van der Waals surface area (Å²) in [6.45, 7) is 6.61. The van der Waals surface area contributed by atoms with Crippen molar-refractivity contribution in [2.24, 2.45) is 0 Å². The van der Waals surface area contributed by atoms with Gasteiger partial charge in [-0.1, -0.05) is 17.2 Å². The molecule has 1 unspecified atom stereocenters. The zero-order valence-electron chi connectivity index (χ0n) is 10.5. The number of hydrogen-bond acceptors (Lipinski definition) is 2. The lowest BCUT2D eigenvalue weighted by Gasteiger charge is -2.17. The average Bonchev–Trinajstić information content (AvgIpc) is 2.31. The van der Waals surface area contributed by atoms with E-state index in [4.69, 9.17) is 16.3 Å². The third-order valence-corrected chi connectivity index (χ3v) is 2.84. The van der Waals surface area contributed by atoms with E-state index < -0.39 is 0 Å². The third kappa shape index (κ3) is 5.76. The van der Waals surface area contributed by atoms with Gasteiger partial charge in [-0.15, -0.1) is 6.58 Å². The number of halogens is 1. The standard InChI is InChI=1S/C14H20ClNO/c1-11(2)4-7-13(16-3)10-17-14-8-5-12(15)6-9-14/h5-6,8-9,13,16H,1,4,7,10H2,2-3H3. The van der Waals surface area contributed by atoms with Crippen LogP contribution in [0.15, 0.2) is 36.4 Å². The van der Waals surface area contributed by atoms with Gasteiger partial charge in [-0.2, -0.15) is 0 Å². The highest BCUT2D eigenvalue weighted by Crippen LogP contribution is 2.16. The van der Waals surface area contributed by atoms with Gasteiger partial charge in [0.25, 0.3) is 0 Å². The van der Waals surface area contributed by atoms with Gasteiger partial charge in [0.2, 0.25) is 0 Å². The topological polar surface area (TPSA) is 21.3 Å². The highest BCUT2D eigenvalue weighted by atomic mass is 35.5. The van der Waals surface area contributed by atoms with Gasteiger partial charge in [0, 0.05) is 11.1 Å². The molecule has 1 aromatic carbocycles. The van der Waals surface area contributed by atoms with Gasteiger partial charge in [-0.25, -0.2) is 0 Å². The molecule has 3 heteroatoms. The first-order valence-electron chi connectivity index (χ1n) is 5.82. The van der Waals surface area contributed by atoms with E-state index in [2.05, 4.69) is 11.9 Å². The van der Waals surface area contributed by atoms with Crippen molar-refractivity contribution in [1.82, 2.24) is 5.32 Å². The minimum Gasteiger partial charge on any atom is -0.492 e. The Morgan fingerprint density at radius 2 is 2.06 bits per heavy atom. The fraction of sp³-hybridized carbons (Fsp3) is 0.429. The second kappa shape index (κ2) is 7.36. The number of hydrogen-bond donors (Lipinski definition) is 1. The fourth-order valence-electron chi connectivity index (χ4n) is 1.46. The second-order valence-corrected chi connectivity index (χ2v) is 4.68. The maximum absolute atomic E-state index is 5.81. The molecule has 0 heterocycles. The molecular weight excluding hydrogens is 234 g/mol. The lowest BCUT2D eigenvalue weighted by molar-refractivity contribution is 0.263. The molecule has 0 saturated carbocycles. The van der Waals surface area contributed by atoms with E-state index in [1.165, 1.54) is 5.57 Å². The van der Waals surface area contributed by atoms with Crippen molar-refractivity contribution in [3.63, 3.8) is 0 Å². The van der Waals surface area contributed by atoms with Crippen LogP contribution >= 0.6 is 11.6 Å². The first kappa shape index (κ1) is 14.1. The summed E-state index contributed by atoms with van der Waals surface area (Å²) >= 11 is 5.81. The van der Waals surface area contributed by atoms with Crippen LogP contribution in [0.3, 0.4) is 0 Å². The van der Waals surface area contributed by atoms with Gasteiger partial charge in [-0.05, 0) is 51.1 Å². The Morgan fingerprint density at radius 1 is 1.41 bits per heavy atom. The molecule has 0 spiro atoms. The minimum atomic E-state index is 0.349. The Bertz CT molecular complexity index is 348. The van der Waals surface area contributed by atoms with Crippen LogP contribution in [0.5, 0.6) is 5.75 Å². The third-order valence-electron chi connectivity index (χ3n) is 2.59. The van der Waals surface area contributed by atoms with Crippen molar-refractivity contribution in [3.8, 4) is 5.75 Å². The van der Waals surface area contributed by atoms with Crippen LogP contribution < -0.4 is 10.1 Å². The van der Waals surface area contributed by atoms with Crippen LogP contribution in [-0.4, -0.2) is 19.7 Å². The predicted molar refractivity (Wildman–Crippen MR) is 73.8 cm³/mol. The van der Waals surface area contributed by atoms with E-state index in [-0.39, 0.29) is 0 Å². The van der Waals surface area contributed by atoms with E-state index in [9.17, 15) is 0 Å². The molecule has 0 radical (unpaired) electrons. The summed E-state index contributed by atoms with van der Waals surface area (Å²) in [5.74, 6) is 0.852. The molecular formula is C14H20ClNO.